The lowest BCUT2D eigenvalue weighted by molar-refractivity contribution is 0.205. The van der Waals surface area contributed by atoms with E-state index >= 15 is 0 Å². The zero-order valence-corrected chi connectivity index (χ0v) is 10.1. The zero-order chi connectivity index (χ0) is 13.5. The zero-order valence-electron chi connectivity index (χ0n) is 10.1. The normalized spacial score (nSPS) is 9.89. The average Bonchev–Trinajstić information content (AvgIpc) is 2.38. The van der Waals surface area contributed by atoms with Crippen LogP contribution in [0.4, 0.5) is 14.5 Å². The molecular formula is C13H14F2N2O. The molecule has 18 heavy (non-hydrogen) atoms. The molecule has 0 radical (unpaired) electrons. The molecule has 0 saturated heterocycles. The molecule has 1 aromatic carbocycles. The van der Waals surface area contributed by atoms with Gasteiger partial charge in [-0.2, -0.15) is 5.26 Å². The fraction of sp³-hybridized carbons (Fsp3) is 0.308. The van der Waals surface area contributed by atoms with Gasteiger partial charge < -0.3 is 9.64 Å². The molecule has 0 saturated carbocycles. The van der Waals surface area contributed by atoms with Gasteiger partial charge in [0.25, 0.3) is 0 Å². The van der Waals surface area contributed by atoms with Crippen LogP contribution in [-0.4, -0.2) is 26.8 Å². The molecule has 0 bridgehead atoms. The first kappa shape index (κ1) is 14.1. The van der Waals surface area contributed by atoms with Gasteiger partial charge >= 0.3 is 0 Å². The van der Waals surface area contributed by atoms with Crippen molar-refractivity contribution in [1.82, 2.24) is 0 Å². The molecule has 0 aromatic heterocycles. The van der Waals surface area contributed by atoms with Crippen LogP contribution in [0.15, 0.2) is 24.8 Å². The van der Waals surface area contributed by atoms with E-state index in [0.29, 0.717) is 19.7 Å². The molecule has 0 fully saturated rings. The first-order valence-electron chi connectivity index (χ1n) is 5.38. The van der Waals surface area contributed by atoms with E-state index in [2.05, 4.69) is 6.58 Å². The van der Waals surface area contributed by atoms with Crippen LogP contribution >= 0.6 is 0 Å². The molecule has 3 nitrogen and oxygen atoms in total. The maximum atomic E-state index is 13.8. The Labute approximate surface area is 105 Å². The summed E-state index contributed by atoms with van der Waals surface area (Å²) in [6.07, 6.45) is 1.59. The Morgan fingerprint density at radius 1 is 1.44 bits per heavy atom. The van der Waals surface area contributed by atoms with Crippen molar-refractivity contribution < 1.29 is 13.5 Å². The molecule has 0 aliphatic heterocycles. The van der Waals surface area contributed by atoms with Gasteiger partial charge in [-0.1, -0.05) is 6.08 Å². The van der Waals surface area contributed by atoms with E-state index < -0.39 is 11.6 Å². The van der Waals surface area contributed by atoms with Gasteiger partial charge in [0.2, 0.25) is 0 Å². The van der Waals surface area contributed by atoms with E-state index in [1.165, 1.54) is 19.2 Å². The summed E-state index contributed by atoms with van der Waals surface area (Å²) < 4.78 is 32.2. The van der Waals surface area contributed by atoms with E-state index in [1.807, 2.05) is 0 Å². The van der Waals surface area contributed by atoms with Gasteiger partial charge in [0.15, 0.2) is 11.6 Å². The number of ether oxygens (including phenoxy) is 1. The number of nitriles is 1. The highest BCUT2D eigenvalue weighted by atomic mass is 19.2. The summed E-state index contributed by atoms with van der Waals surface area (Å²) in [5.41, 5.74) is -0.204. The lowest BCUT2D eigenvalue weighted by Gasteiger charge is -2.23. The minimum absolute atomic E-state index is 0.100. The van der Waals surface area contributed by atoms with Crippen molar-refractivity contribution >= 4 is 5.69 Å². The fourth-order valence-corrected chi connectivity index (χ4v) is 1.54. The minimum atomic E-state index is -1.12. The van der Waals surface area contributed by atoms with Gasteiger partial charge in [-0.05, 0) is 12.1 Å². The Bertz CT molecular complexity index is 469. The Morgan fingerprint density at radius 2 is 2.17 bits per heavy atom. The molecule has 0 N–H and O–H groups in total. The van der Waals surface area contributed by atoms with Crippen molar-refractivity contribution in [2.75, 3.05) is 31.7 Å². The third-order valence-corrected chi connectivity index (χ3v) is 2.44. The largest absolute Gasteiger partial charge is 0.383 e. The van der Waals surface area contributed by atoms with E-state index in [1.54, 1.807) is 17.0 Å². The third-order valence-electron chi connectivity index (χ3n) is 2.44. The Kier molecular flexibility index (Phi) is 5.28. The van der Waals surface area contributed by atoms with Gasteiger partial charge in [-0.3, -0.25) is 0 Å². The lowest BCUT2D eigenvalue weighted by atomic mass is 10.2. The standard InChI is InChI=1S/C13H14F2N2O/c1-3-6-17(7-8-18-2)11-5-4-10(9-16)12(14)13(11)15/h3-5H,1,6-8H2,2H3. The van der Waals surface area contributed by atoms with Gasteiger partial charge in [-0.15, -0.1) is 6.58 Å². The third kappa shape index (κ3) is 3.05. The first-order chi connectivity index (χ1) is 8.65. The van der Waals surface area contributed by atoms with Gasteiger partial charge in [-0.25, -0.2) is 8.78 Å². The summed E-state index contributed by atoms with van der Waals surface area (Å²) >= 11 is 0. The summed E-state index contributed by atoms with van der Waals surface area (Å²) in [6.45, 7) is 4.73. The molecule has 0 atom stereocenters. The maximum Gasteiger partial charge on any atom is 0.183 e. The molecule has 0 amide bonds. The molecule has 1 rings (SSSR count). The molecular weight excluding hydrogens is 238 g/mol. The number of rotatable bonds is 6. The van der Waals surface area contributed by atoms with Crippen molar-refractivity contribution in [2.45, 2.75) is 0 Å². The summed E-state index contributed by atoms with van der Waals surface area (Å²) in [4.78, 5) is 1.59. The highest BCUT2D eigenvalue weighted by Gasteiger charge is 2.17. The predicted octanol–water partition coefficient (Wildman–Crippen LogP) is 2.48. The van der Waals surface area contributed by atoms with Gasteiger partial charge in [0.1, 0.15) is 6.07 Å². The smallest absolute Gasteiger partial charge is 0.183 e. The highest BCUT2D eigenvalue weighted by molar-refractivity contribution is 5.52. The molecule has 0 aliphatic carbocycles. The Balaban J connectivity index is 3.09. The van der Waals surface area contributed by atoms with E-state index in [4.69, 9.17) is 10.00 Å². The number of methoxy groups -OCH3 is 1. The van der Waals surface area contributed by atoms with Crippen molar-refractivity contribution in [2.24, 2.45) is 0 Å². The minimum Gasteiger partial charge on any atom is -0.383 e. The monoisotopic (exact) mass is 252 g/mol. The predicted molar refractivity (Wildman–Crippen MR) is 65.4 cm³/mol. The van der Waals surface area contributed by atoms with E-state index in [0.717, 1.165) is 0 Å². The quantitative estimate of drug-likeness (QED) is 0.730. The molecule has 5 heteroatoms. The Morgan fingerprint density at radius 3 is 2.72 bits per heavy atom. The summed E-state index contributed by atoms with van der Waals surface area (Å²) in [5, 5.41) is 8.61. The van der Waals surface area contributed by atoms with Crippen LogP contribution < -0.4 is 4.90 Å². The molecule has 0 spiro atoms. The van der Waals surface area contributed by atoms with Gasteiger partial charge in [0, 0.05) is 20.2 Å². The molecule has 1 aromatic rings. The first-order valence-corrected chi connectivity index (χ1v) is 5.38. The number of hydrogen-bond acceptors (Lipinski definition) is 3. The van der Waals surface area contributed by atoms with Crippen molar-refractivity contribution in [3.05, 3.63) is 42.0 Å². The average molecular weight is 252 g/mol. The van der Waals surface area contributed by atoms with Gasteiger partial charge in [0.05, 0.1) is 17.9 Å². The van der Waals surface area contributed by atoms with Crippen LogP contribution in [0.5, 0.6) is 0 Å². The van der Waals surface area contributed by atoms with Crippen molar-refractivity contribution in [3.8, 4) is 6.07 Å². The Hall–Kier alpha value is -1.93. The number of anilines is 1. The van der Waals surface area contributed by atoms with Crippen molar-refractivity contribution in [3.63, 3.8) is 0 Å². The molecule has 0 heterocycles. The van der Waals surface area contributed by atoms with Crippen LogP contribution in [0, 0.1) is 23.0 Å². The van der Waals surface area contributed by atoms with E-state index in [9.17, 15) is 8.78 Å². The second-order valence-corrected chi connectivity index (χ2v) is 3.60. The number of hydrogen-bond donors (Lipinski definition) is 0. The number of halogens is 2. The SMILES string of the molecule is C=CCN(CCOC)c1ccc(C#N)c(F)c1F. The second-order valence-electron chi connectivity index (χ2n) is 3.60. The van der Waals surface area contributed by atoms with Crippen LogP contribution in [0.1, 0.15) is 5.56 Å². The van der Waals surface area contributed by atoms with Crippen LogP contribution in [0.25, 0.3) is 0 Å². The van der Waals surface area contributed by atoms with Crippen LogP contribution in [-0.2, 0) is 4.74 Å². The van der Waals surface area contributed by atoms with Crippen LogP contribution in [0.3, 0.4) is 0 Å². The summed E-state index contributed by atoms with van der Waals surface area (Å²) in [6, 6.07) is 4.24. The fourth-order valence-electron chi connectivity index (χ4n) is 1.54. The number of benzene rings is 1. The molecule has 96 valence electrons. The number of nitrogens with zero attached hydrogens (tertiary/aromatic N) is 2. The molecule has 0 unspecified atom stereocenters. The maximum absolute atomic E-state index is 13.8. The summed E-state index contributed by atoms with van der Waals surface area (Å²) in [7, 11) is 1.53. The lowest BCUT2D eigenvalue weighted by Crippen LogP contribution is -2.28. The topological polar surface area (TPSA) is 36.3 Å². The van der Waals surface area contributed by atoms with E-state index in [-0.39, 0.29) is 11.3 Å². The van der Waals surface area contributed by atoms with Crippen molar-refractivity contribution in [1.29, 1.82) is 5.26 Å². The van der Waals surface area contributed by atoms with Crippen LogP contribution in [0.2, 0.25) is 0 Å². The molecule has 0 aliphatic rings. The summed E-state index contributed by atoms with van der Waals surface area (Å²) in [5.74, 6) is -2.14. The highest BCUT2D eigenvalue weighted by Crippen LogP contribution is 2.23. The second kappa shape index (κ2) is 6.72.